The van der Waals surface area contributed by atoms with E-state index in [9.17, 15) is 0 Å². The number of likely N-dealkylation sites (N-methyl/N-ethyl adjacent to an activating group) is 1. The van der Waals surface area contributed by atoms with Crippen LogP contribution < -0.4 is 0 Å². The molecule has 2 nitrogen and oxygen atoms in total. The van der Waals surface area contributed by atoms with Crippen LogP contribution >= 0.6 is 23.5 Å². The summed E-state index contributed by atoms with van der Waals surface area (Å²) in [5, 5.41) is 0.874. The fourth-order valence-electron chi connectivity index (χ4n) is 4.90. The minimum Gasteiger partial charge on any atom is -0.370 e. The molecule has 2 unspecified atom stereocenters. The van der Waals surface area contributed by atoms with E-state index in [0.717, 1.165) is 23.0 Å². The van der Waals surface area contributed by atoms with Crippen LogP contribution in [0.1, 0.15) is 110 Å². The van der Waals surface area contributed by atoms with Crippen LogP contribution in [0.3, 0.4) is 0 Å². The highest BCUT2D eigenvalue weighted by Crippen LogP contribution is 2.41. The van der Waals surface area contributed by atoms with Gasteiger partial charge in [-0.2, -0.15) is 0 Å². The number of unbranched alkanes of at least 4 members (excludes halogenated alkanes) is 14. The lowest BCUT2D eigenvalue weighted by atomic mass is 10.0. The number of ether oxygens (including phenoxy) is 1. The molecular weight excluding hydrogens is 406 g/mol. The lowest BCUT2D eigenvalue weighted by molar-refractivity contribution is -0.916. The van der Waals surface area contributed by atoms with Gasteiger partial charge in [0.2, 0.25) is 0 Å². The van der Waals surface area contributed by atoms with Crippen LogP contribution in [0.25, 0.3) is 0 Å². The molecule has 2 aliphatic heterocycles. The Bertz CT molecular complexity index is 400. The molecule has 0 radical (unpaired) electrons. The highest BCUT2D eigenvalue weighted by Gasteiger charge is 2.34. The molecule has 0 N–H and O–H groups in total. The van der Waals surface area contributed by atoms with E-state index in [0.29, 0.717) is 0 Å². The topological polar surface area (TPSA) is 9.23 Å². The monoisotopic (exact) mass is 458 g/mol. The van der Waals surface area contributed by atoms with Gasteiger partial charge in [-0.3, -0.25) is 0 Å². The molecule has 178 valence electrons. The van der Waals surface area contributed by atoms with E-state index in [1.807, 2.05) is 0 Å². The molecule has 0 spiro atoms. The fourth-order valence-corrected chi connectivity index (χ4v) is 8.51. The summed E-state index contributed by atoms with van der Waals surface area (Å²) >= 11 is 4.54. The number of nitrogens with zero attached hydrogens (tertiary/aromatic N) is 1. The summed E-state index contributed by atoms with van der Waals surface area (Å²) < 4.78 is 7.68. The Hall–Kier alpha value is 0.620. The number of hydrogen-bond acceptors (Lipinski definition) is 3. The summed E-state index contributed by atoms with van der Waals surface area (Å²) in [7, 11) is 2.44. The molecule has 0 amide bonds. The fraction of sp³-hybridized carbons (Fsp3) is 1.00. The van der Waals surface area contributed by atoms with Crippen molar-refractivity contribution in [3.8, 4) is 0 Å². The Morgan fingerprint density at radius 2 is 1.23 bits per heavy atom. The zero-order valence-corrected chi connectivity index (χ0v) is 22.0. The molecular formula is C26H52NOS2+. The summed E-state index contributed by atoms with van der Waals surface area (Å²) in [6, 6.07) is 0. The third-order valence-corrected chi connectivity index (χ3v) is 10.4. The average molecular weight is 459 g/mol. The first kappa shape index (κ1) is 26.9. The minimum absolute atomic E-state index is 0.874. The van der Waals surface area contributed by atoms with Crippen molar-refractivity contribution in [2.24, 2.45) is 0 Å². The first-order valence-corrected chi connectivity index (χ1v) is 15.4. The quantitative estimate of drug-likeness (QED) is 0.153. The van der Waals surface area contributed by atoms with E-state index in [-0.39, 0.29) is 0 Å². The lowest BCUT2D eigenvalue weighted by Crippen LogP contribution is -2.54. The summed E-state index contributed by atoms with van der Waals surface area (Å²) in [6.07, 6.45) is 23.4. The molecule has 0 saturated carbocycles. The molecule has 2 aliphatic rings. The van der Waals surface area contributed by atoms with E-state index >= 15 is 0 Å². The van der Waals surface area contributed by atoms with Crippen molar-refractivity contribution in [2.45, 2.75) is 119 Å². The van der Waals surface area contributed by atoms with E-state index in [1.54, 1.807) is 0 Å². The van der Waals surface area contributed by atoms with E-state index in [2.05, 4.69) is 37.5 Å². The predicted molar refractivity (Wildman–Crippen MR) is 139 cm³/mol. The Morgan fingerprint density at radius 3 is 1.77 bits per heavy atom. The summed E-state index contributed by atoms with van der Waals surface area (Å²) in [6.45, 7) is 8.01. The van der Waals surface area contributed by atoms with Gasteiger partial charge in [0.25, 0.3) is 0 Å². The number of quaternary nitrogens is 1. The van der Waals surface area contributed by atoms with Crippen LogP contribution in [-0.2, 0) is 4.74 Å². The van der Waals surface area contributed by atoms with Crippen molar-refractivity contribution in [1.29, 1.82) is 0 Å². The number of thioether (sulfide) groups is 2. The van der Waals surface area contributed by atoms with E-state index in [4.69, 9.17) is 4.74 Å². The highest BCUT2D eigenvalue weighted by molar-refractivity contribution is 8.20. The second-order valence-electron chi connectivity index (χ2n) is 10.1. The van der Waals surface area contributed by atoms with Crippen molar-refractivity contribution >= 4 is 23.5 Å². The van der Waals surface area contributed by atoms with Gasteiger partial charge in [-0.05, 0) is 6.42 Å². The minimum atomic E-state index is 0.874. The van der Waals surface area contributed by atoms with Crippen molar-refractivity contribution in [3.05, 3.63) is 0 Å². The van der Waals surface area contributed by atoms with Crippen LogP contribution in [0.2, 0.25) is 0 Å². The second-order valence-corrected chi connectivity index (χ2v) is 13.2. The zero-order valence-electron chi connectivity index (χ0n) is 20.4. The van der Waals surface area contributed by atoms with Gasteiger partial charge in [-0.15, -0.1) is 23.5 Å². The number of rotatable bonds is 18. The van der Waals surface area contributed by atoms with Gasteiger partial charge in [0.05, 0.1) is 36.6 Å². The molecule has 0 aliphatic carbocycles. The Morgan fingerprint density at radius 1 is 0.733 bits per heavy atom. The Balaban J connectivity index is 1.32. The molecule has 2 heterocycles. The van der Waals surface area contributed by atoms with Crippen molar-refractivity contribution in [3.63, 3.8) is 0 Å². The normalized spacial score (nSPS) is 23.8. The van der Waals surface area contributed by atoms with Crippen LogP contribution in [0.5, 0.6) is 0 Å². The second kappa shape index (κ2) is 17.1. The molecule has 0 bridgehead atoms. The molecule has 2 atom stereocenters. The van der Waals surface area contributed by atoms with Gasteiger partial charge in [-0.1, -0.05) is 103 Å². The van der Waals surface area contributed by atoms with Crippen LogP contribution in [0.4, 0.5) is 0 Å². The number of hydrogen-bond donors (Lipinski definition) is 0. The third kappa shape index (κ3) is 12.6. The van der Waals surface area contributed by atoms with Crippen molar-refractivity contribution < 1.29 is 9.22 Å². The van der Waals surface area contributed by atoms with Gasteiger partial charge in [0.1, 0.15) is 13.1 Å². The maximum atomic E-state index is 5.56. The van der Waals surface area contributed by atoms with Crippen LogP contribution in [0.15, 0.2) is 0 Å². The van der Waals surface area contributed by atoms with E-state index < -0.39 is 0 Å². The SMILES string of the molecule is CCCCCCCCCCCCCCCCCC1SCC(C[N+]2(C)CCOCC2)S1. The van der Waals surface area contributed by atoms with Crippen molar-refractivity contribution in [2.75, 3.05) is 45.6 Å². The van der Waals surface area contributed by atoms with Gasteiger partial charge in [0.15, 0.2) is 0 Å². The standard InChI is InChI=1S/C26H52NOS2/c1-3-4-5-6-7-8-9-10-11-12-13-14-15-16-17-18-26-29-24-25(30-26)23-27(2)19-21-28-22-20-27/h25-26H,3-24H2,1-2H3/q+1. The number of morpholine rings is 1. The van der Waals surface area contributed by atoms with Crippen LogP contribution in [-0.4, -0.2) is 60.0 Å². The average Bonchev–Trinajstić information content (AvgIpc) is 3.18. The van der Waals surface area contributed by atoms with E-state index in [1.165, 1.54) is 133 Å². The smallest absolute Gasteiger partial charge is 0.102 e. The zero-order chi connectivity index (χ0) is 21.3. The molecule has 2 rings (SSSR count). The molecule has 0 aromatic heterocycles. The van der Waals surface area contributed by atoms with Crippen molar-refractivity contribution in [1.82, 2.24) is 0 Å². The molecule has 0 aromatic rings. The summed E-state index contributed by atoms with van der Waals surface area (Å²) in [5.41, 5.74) is 0. The van der Waals surface area contributed by atoms with Crippen LogP contribution in [0, 0.1) is 0 Å². The molecule has 0 aromatic carbocycles. The Kier molecular flexibility index (Phi) is 15.4. The maximum absolute atomic E-state index is 5.56. The highest BCUT2D eigenvalue weighted by atomic mass is 32.2. The lowest BCUT2D eigenvalue weighted by Gasteiger charge is -2.39. The first-order chi connectivity index (χ1) is 14.7. The summed E-state index contributed by atoms with van der Waals surface area (Å²) in [4.78, 5) is 0. The van der Waals surface area contributed by atoms with Gasteiger partial charge in [0, 0.05) is 5.75 Å². The molecule has 2 fully saturated rings. The molecule has 4 heteroatoms. The molecule has 30 heavy (non-hydrogen) atoms. The summed E-state index contributed by atoms with van der Waals surface area (Å²) in [5.74, 6) is 1.38. The van der Waals surface area contributed by atoms with Gasteiger partial charge in [-0.25, -0.2) is 0 Å². The largest absolute Gasteiger partial charge is 0.370 e. The Labute approximate surface area is 197 Å². The van der Waals surface area contributed by atoms with Gasteiger partial charge >= 0.3 is 0 Å². The maximum Gasteiger partial charge on any atom is 0.102 e. The third-order valence-electron chi connectivity index (χ3n) is 7.05. The first-order valence-electron chi connectivity index (χ1n) is 13.4. The van der Waals surface area contributed by atoms with Gasteiger partial charge < -0.3 is 9.22 Å². The molecule has 2 saturated heterocycles. The predicted octanol–water partition coefficient (Wildman–Crippen LogP) is 7.90.